The average Bonchev–Trinajstić information content (AvgIpc) is 2.62. The van der Waals surface area contributed by atoms with Crippen LogP contribution in [0.1, 0.15) is 39.9 Å². The molecule has 0 aliphatic carbocycles. The Morgan fingerprint density at radius 2 is 1.87 bits per heavy atom. The van der Waals surface area contributed by atoms with Crippen LogP contribution in [0, 0.1) is 6.92 Å². The summed E-state index contributed by atoms with van der Waals surface area (Å²) in [5, 5.41) is 11.0. The van der Waals surface area contributed by atoms with Gasteiger partial charge in [-0.3, -0.25) is 4.79 Å². The Labute approximate surface area is 177 Å². The number of hydrogen-bond acceptors (Lipinski definition) is 4. The van der Waals surface area contributed by atoms with Gasteiger partial charge in [-0.25, -0.2) is 0 Å². The topological polar surface area (TPSA) is 66.4 Å². The Kier molecular flexibility index (Phi) is 5.81. The number of aliphatic carboxylic acids is 1. The average molecular weight is 334 g/mol. The van der Waals surface area contributed by atoms with Crippen molar-refractivity contribution in [1.29, 1.82) is 0 Å². The Morgan fingerprint density at radius 3 is 2.57 bits per heavy atom. The van der Waals surface area contributed by atoms with Crippen molar-refractivity contribution in [1.82, 2.24) is 0 Å². The largest absolute Gasteiger partial charge is 1.00 e. The molecule has 1 heterocycles. The first-order valence-electron chi connectivity index (χ1n) is 7.11. The number of carboxylic acids is 1. The third-order valence-electron chi connectivity index (χ3n) is 3.94. The number of ketones is 1. The van der Waals surface area contributed by atoms with Crippen molar-refractivity contribution >= 4 is 11.8 Å². The number of carboxylic acid groups (broad SMARTS) is 1. The maximum absolute atomic E-state index is 12.5. The van der Waals surface area contributed by atoms with E-state index in [0.29, 0.717) is 22.6 Å². The molecule has 0 bridgehead atoms. The molecule has 0 N–H and O–H groups in total. The molecule has 1 aliphatic heterocycles. The Morgan fingerprint density at radius 1 is 1.17 bits per heavy atom. The van der Waals surface area contributed by atoms with Gasteiger partial charge in [0, 0.05) is 23.9 Å². The molecule has 0 fully saturated rings. The van der Waals surface area contributed by atoms with Crippen LogP contribution in [0.4, 0.5) is 0 Å². The molecule has 0 spiro atoms. The van der Waals surface area contributed by atoms with Crippen LogP contribution in [0.3, 0.4) is 0 Å². The minimum Gasteiger partial charge on any atom is -0.550 e. The summed E-state index contributed by atoms with van der Waals surface area (Å²) in [7, 11) is 0. The third kappa shape index (κ3) is 3.75. The number of benzene rings is 2. The molecular formula is C18H15KO4. The first-order valence-corrected chi connectivity index (χ1v) is 7.11. The molecule has 3 rings (SSSR count). The second-order valence-corrected chi connectivity index (χ2v) is 5.61. The number of aryl methyl sites for hydroxylation is 1. The number of hydrogen-bond donors (Lipinski definition) is 0. The van der Waals surface area contributed by atoms with Gasteiger partial charge in [-0.2, -0.15) is 0 Å². The molecule has 2 aromatic carbocycles. The van der Waals surface area contributed by atoms with E-state index in [-0.39, 0.29) is 63.6 Å². The normalized spacial score (nSPS) is 13.7. The van der Waals surface area contributed by atoms with Crippen molar-refractivity contribution < 1.29 is 70.8 Å². The van der Waals surface area contributed by atoms with Crippen molar-refractivity contribution in [2.45, 2.75) is 26.2 Å². The number of Topliss-reactive ketones (excluding diaryl/α,β-unsaturated/α-hetero) is 1. The Bertz CT molecular complexity index is 783. The minimum absolute atomic E-state index is 0. The zero-order valence-corrected chi connectivity index (χ0v) is 16.5. The first-order chi connectivity index (χ1) is 10.5. The molecule has 0 saturated heterocycles. The van der Waals surface area contributed by atoms with Gasteiger partial charge in [-0.1, -0.05) is 30.7 Å². The number of fused-ring (bicyclic) bond motifs is 2. The van der Waals surface area contributed by atoms with Gasteiger partial charge in [0.05, 0.1) is 5.56 Å². The van der Waals surface area contributed by atoms with Crippen LogP contribution in [-0.2, 0) is 11.2 Å². The second kappa shape index (κ2) is 7.28. The van der Waals surface area contributed by atoms with Gasteiger partial charge in [-0.05, 0) is 30.7 Å². The van der Waals surface area contributed by atoms with Crippen LogP contribution >= 0.6 is 0 Å². The molecule has 5 heteroatoms. The predicted molar refractivity (Wildman–Crippen MR) is 79.2 cm³/mol. The first kappa shape index (κ1) is 18.4. The van der Waals surface area contributed by atoms with E-state index in [2.05, 4.69) is 0 Å². The van der Waals surface area contributed by atoms with Gasteiger partial charge in [0.2, 0.25) is 0 Å². The molecule has 0 radical (unpaired) electrons. The van der Waals surface area contributed by atoms with Gasteiger partial charge < -0.3 is 14.6 Å². The summed E-state index contributed by atoms with van der Waals surface area (Å²) in [5.41, 5.74) is 2.86. The van der Waals surface area contributed by atoms with Gasteiger partial charge >= 0.3 is 51.4 Å². The molecule has 1 unspecified atom stereocenters. The van der Waals surface area contributed by atoms with E-state index < -0.39 is 11.9 Å². The quantitative estimate of drug-likeness (QED) is 0.687. The van der Waals surface area contributed by atoms with E-state index in [4.69, 9.17) is 4.74 Å². The summed E-state index contributed by atoms with van der Waals surface area (Å²) in [6.45, 7) is 3.50. The molecule has 0 saturated carbocycles. The van der Waals surface area contributed by atoms with E-state index in [9.17, 15) is 14.7 Å². The molecule has 0 aromatic heterocycles. The van der Waals surface area contributed by atoms with Gasteiger partial charge in [0.25, 0.3) is 0 Å². The summed E-state index contributed by atoms with van der Waals surface area (Å²) >= 11 is 0. The van der Waals surface area contributed by atoms with Crippen LogP contribution in [0.25, 0.3) is 0 Å². The second-order valence-electron chi connectivity index (χ2n) is 5.61. The van der Waals surface area contributed by atoms with Gasteiger partial charge in [-0.15, -0.1) is 0 Å². The third-order valence-corrected chi connectivity index (χ3v) is 3.94. The van der Waals surface area contributed by atoms with E-state index in [1.165, 1.54) is 6.92 Å². The standard InChI is InChI=1S/C18H16O4.K/c1-10-3-5-16-13(7-10)9-15(19)14-8-12(11(2)18(20)21)4-6-17(14)22-16;/h3-8,11H,9H2,1-2H3,(H,20,21);/q;+1/p-1. The molecule has 23 heavy (non-hydrogen) atoms. The summed E-state index contributed by atoms with van der Waals surface area (Å²) in [6.07, 6.45) is 0.243. The van der Waals surface area contributed by atoms with Crippen molar-refractivity contribution in [3.63, 3.8) is 0 Å². The Hall–Kier alpha value is -0.984. The van der Waals surface area contributed by atoms with E-state index >= 15 is 0 Å². The molecule has 4 nitrogen and oxygen atoms in total. The van der Waals surface area contributed by atoms with E-state index in [0.717, 1.165) is 11.1 Å². The maximum Gasteiger partial charge on any atom is 1.00 e. The van der Waals surface area contributed by atoms with E-state index in [1.54, 1.807) is 18.2 Å². The zero-order chi connectivity index (χ0) is 15.9. The van der Waals surface area contributed by atoms with Crippen molar-refractivity contribution in [3.8, 4) is 11.5 Å². The summed E-state index contributed by atoms with van der Waals surface area (Å²) in [5.74, 6) is -0.890. The number of carbonyl (C=O) groups excluding carboxylic acids is 2. The molecule has 0 amide bonds. The number of ether oxygens (including phenoxy) is 1. The smallest absolute Gasteiger partial charge is 0.550 e. The predicted octanol–water partition coefficient (Wildman–Crippen LogP) is -0.616. The minimum atomic E-state index is -1.17. The van der Waals surface area contributed by atoms with Crippen LogP contribution < -0.4 is 61.2 Å². The molecule has 1 aliphatic rings. The van der Waals surface area contributed by atoms with Crippen molar-refractivity contribution in [2.24, 2.45) is 0 Å². The van der Waals surface area contributed by atoms with Crippen LogP contribution in [0.15, 0.2) is 36.4 Å². The maximum atomic E-state index is 12.5. The van der Waals surface area contributed by atoms with Gasteiger partial charge in [0.1, 0.15) is 11.5 Å². The van der Waals surface area contributed by atoms with Crippen LogP contribution in [-0.4, -0.2) is 11.8 Å². The number of rotatable bonds is 2. The fraction of sp³-hybridized carbons (Fsp3) is 0.222. The van der Waals surface area contributed by atoms with Crippen molar-refractivity contribution in [2.75, 3.05) is 0 Å². The van der Waals surface area contributed by atoms with Crippen LogP contribution in [0.5, 0.6) is 11.5 Å². The summed E-state index contributed by atoms with van der Waals surface area (Å²) in [4.78, 5) is 23.5. The SMILES string of the molecule is Cc1ccc2c(c1)CC(=O)c1cc(C(C)C(=O)[O-])ccc1O2.[K+]. The molecular weight excluding hydrogens is 319 g/mol. The molecule has 1 atom stereocenters. The Balaban J connectivity index is 0.00000192. The monoisotopic (exact) mass is 334 g/mol. The van der Waals surface area contributed by atoms with Crippen LogP contribution in [0.2, 0.25) is 0 Å². The van der Waals surface area contributed by atoms with Crippen molar-refractivity contribution in [3.05, 3.63) is 58.7 Å². The molecule has 2 aromatic rings. The summed E-state index contributed by atoms with van der Waals surface area (Å²) in [6, 6.07) is 10.6. The van der Waals surface area contributed by atoms with Gasteiger partial charge in [0.15, 0.2) is 5.78 Å². The fourth-order valence-corrected chi connectivity index (χ4v) is 2.59. The fourth-order valence-electron chi connectivity index (χ4n) is 2.59. The van der Waals surface area contributed by atoms with E-state index in [1.807, 2.05) is 25.1 Å². The molecule has 112 valence electrons. The summed E-state index contributed by atoms with van der Waals surface area (Å²) < 4.78 is 5.84. The number of carbonyl (C=O) groups is 2. The zero-order valence-electron chi connectivity index (χ0n) is 13.4.